The second-order valence-electron chi connectivity index (χ2n) is 3.58. The molecule has 11 heteroatoms. The van der Waals surface area contributed by atoms with Crippen molar-refractivity contribution >= 4 is 40.7 Å². The molecule has 0 unspecified atom stereocenters. The lowest BCUT2D eigenvalue weighted by molar-refractivity contribution is -0.145. The van der Waals surface area contributed by atoms with Gasteiger partial charge in [-0.1, -0.05) is 23.1 Å². The number of aromatic nitrogens is 4. The molecule has 0 radical (unpaired) electrons. The normalized spacial score (nSPS) is 11.7. The van der Waals surface area contributed by atoms with Crippen LogP contribution in [0.5, 0.6) is 0 Å². The van der Waals surface area contributed by atoms with Crippen molar-refractivity contribution < 1.29 is 13.2 Å². The van der Waals surface area contributed by atoms with Gasteiger partial charge in [0.1, 0.15) is 10.8 Å². The summed E-state index contributed by atoms with van der Waals surface area (Å²) in [4.78, 5) is 7.00. The second kappa shape index (κ2) is 6.79. The van der Waals surface area contributed by atoms with Gasteiger partial charge in [-0.2, -0.15) is 13.2 Å². The summed E-state index contributed by atoms with van der Waals surface area (Å²) in [7, 11) is 0. The number of thioether (sulfide) groups is 1. The summed E-state index contributed by atoms with van der Waals surface area (Å²) < 4.78 is 39.7. The van der Waals surface area contributed by atoms with Gasteiger partial charge in [0, 0.05) is 12.6 Å². The molecule has 0 aromatic carbocycles. The molecule has 5 nitrogen and oxygen atoms in total. The van der Waals surface area contributed by atoms with Crippen LogP contribution in [0.25, 0.3) is 0 Å². The molecule has 1 N–H and O–H groups in total. The van der Waals surface area contributed by atoms with E-state index in [2.05, 4.69) is 25.5 Å². The van der Waals surface area contributed by atoms with Crippen molar-refractivity contribution in [3.05, 3.63) is 11.9 Å². The van der Waals surface area contributed by atoms with Crippen molar-refractivity contribution in [2.24, 2.45) is 0 Å². The van der Waals surface area contributed by atoms with Gasteiger partial charge in [-0.3, -0.25) is 0 Å². The molecular formula is C10H10F3N5S3. The third kappa shape index (κ3) is 4.45. The Morgan fingerprint density at radius 2 is 1.95 bits per heavy atom. The van der Waals surface area contributed by atoms with Crippen molar-refractivity contribution in [1.29, 1.82) is 0 Å². The number of alkyl halides is 3. The first-order chi connectivity index (χ1) is 9.92. The third-order valence-corrected chi connectivity index (χ3v) is 4.94. The van der Waals surface area contributed by atoms with Crippen molar-refractivity contribution in [3.8, 4) is 0 Å². The Morgan fingerprint density at radius 3 is 2.52 bits per heavy atom. The molecule has 0 aliphatic carbocycles. The molecule has 0 aliphatic rings. The highest BCUT2D eigenvalue weighted by molar-refractivity contribution is 8.02. The zero-order chi connectivity index (χ0) is 15.5. The Bertz CT molecular complexity index is 616. The van der Waals surface area contributed by atoms with Gasteiger partial charge in [-0.15, -0.1) is 10.2 Å². The largest absolute Gasteiger partial charge is 0.451 e. The molecule has 0 amide bonds. The lowest BCUT2D eigenvalue weighted by atomic mass is 10.5. The molecule has 2 aromatic rings. The molecule has 0 aliphatic heterocycles. The minimum Gasteiger partial charge on any atom is -0.370 e. The zero-order valence-corrected chi connectivity index (χ0v) is 13.4. The minimum atomic E-state index is -4.59. The Hall–Kier alpha value is -1.07. The van der Waals surface area contributed by atoms with E-state index < -0.39 is 12.0 Å². The summed E-state index contributed by atoms with van der Waals surface area (Å²) in [5.74, 6) is -1.03. The van der Waals surface area contributed by atoms with Crippen LogP contribution >= 0.6 is 34.9 Å². The molecular weight excluding hydrogens is 343 g/mol. The third-order valence-electron chi connectivity index (χ3n) is 2.07. The van der Waals surface area contributed by atoms with E-state index in [0.717, 1.165) is 16.1 Å². The maximum Gasteiger partial charge on any atom is 0.451 e. The lowest BCUT2D eigenvalue weighted by Crippen LogP contribution is -2.13. The fourth-order valence-electron chi connectivity index (χ4n) is 1.29. The standard InChI is InChI=1S/C10H10F3N5S3/c1-3-14-5-4-6(16-7(15-5)10(11,12)13)20-9-18-17-8(19-2)21-9/h4H,3H2,1-2H3,(H,14,15,16). The average molecular weight is 353 g/mol. The molecule has 0 fully saturated rings. The topological polar surface area (TPSA) is 63.6 Å². The number of hydrogen-bond donors (Lipinski definition) is 1. The van der Waals surface area contributed by atoms with E-state index in [9.17, 15) is 13.2 Å². The van der Waals surface area contributed by atoms with Crippen LogP contribution < -0.4 is 5.32 Å². The smallest absolute Gasteiger partial charge is 0.370 e. The summed E-state index contributed by atoms with van der Waals surface area (Å²) in [6.45, 7) is 2.24. The van der Waals surface area contributed by atoms with Gasteiger partial charge in [0.25, 0.3) is 0 Å². The Balaban J connectivity index is 2.30. The van der Waals surface area contributed by atoms with E-state index in [1.807, 2.05) is 6.26 Å². The van der Waals surface area contributed by atoms with Gasteiger partial charge in [0.2, 0.25) is 5.82 Å². The second-order valence-corrected chi connectivity index (χ2v) is 6.88. The van der Waals surface area contributed by atoms with Crippen molar-refractivity contribution in [3.63, 3.8) is 0 Å². The number of hydrogen-bond acceptors (Lipinski definition) is 8. The number of anilines is 1. The van der Waals surface area contributed by atoms with Crippen LogP contribution in [0, 0.1) is 0 Å². The first kappa shape index (κ1) is 16.3. The number of halogens is 3. The molecule has 2 rings (SSSR count). The molecule has 0 spiro atoms. The van der Waals surface area contributed by atoms with Crippen LogP contribution in [-0.4, -0.2) is 33.0 Å². The summed E-state index contributed by atoms with van der Waals surface area (Å²) >= 11 is 3.76. The fourth-order valence-corrected chi connectivity index (χ4v) is 3.67. The lowest BCUT2D eigenvalue weighted by Gasteiger charge is -2.09. The van der Waals surface area contributed by atoms with E-state index >= 15 is 0 Å². The van der Waals surface area contributed by atoms with Crippen molar-refractivity contribution in [2.75, 3.05) is 18.1 Å². The number of rotatable bonds is 5. The molecule has 2 aromatic heterocycles. The average Bonchev–Trinajstić information content (AvgIpc) is 2.85. The Morgan fingerprint density at radius 1 is 1.24 bits per heavy atom. The van der Waals surface area contributed by atoms with Gasteiger partial charge in [0.15, 0.2) is 8.68 Å². The highest BCUT2D eigenvalue weighted by Gasteiger charge is 2.35. The number of nitrogens with one attached hydrogen (secondary N) is 1. The number of nitrogens with zero attached hydrogens (tertiary/aromatic N) is 4. The van der Waals surface area contributed by atoms with Crippen LogP contribution in [0.3, 0.4) is 0 Å². The Kier molecular flexibility index (Phi) is 5.27. The minimum absolute atomic E-state index is 0.136. The predicted molar refractivity (Wildman–Crippen MR) is 77.0 cm³/mol. The van der Waals surface area contributed by atoms with E-state index in [0.29, 0.717) is 10.9 Å². The van der Waals surface area contributed by atoms with E-state index in [4.69, 9.17) is 0 Å². The highest BCUT2D eigenvalue weighted by atomic mass is 32.2. The zero-order valence-electron chi connectivity index (χ0n) is 10.9. The van der Waals surface area contributed by atoms with Gasteiger partial charge < -0.3 is 5.32 Å². The van der Waals surface area contributed by atoms with Gasteiger partial charge in [-0.25, -0.2) is 9.97 Å². The van der Waals surface area contributed by atoms with Gasteiger partial charge >= 0.3 is 6.18 Å². The maximum absolute atomic E-state index is 12.8. The van der Waals surface area contributed by atoms with Gasteiger partial charge in [-0.05, 0) is 24.9 Å². The molecule has 114 valence electrons. The molecule has 2 heterocycles. The summed E-state index contributed by atoms with van der Waals surface area (Å²) in [5.41, 5.74) is 0. The quantitative estimate of drug-likeness (QED) is 0.650. The molecule has 21 heavy (non-hydrogen) atoms. The first-order valence-electron chi connectivity index (χ1n) is 5.68. The SMILES string of the molecule is CCNc1cc(Sc2nnc(SC)s2)nc(C(F)(F)F)n1. The van der Waals surface area contributed by atoms with E-state index in [-0.39, 0.29) is 10.8 Å². The van der Waals surface area contributed by atoms with Crippen LogP contribution in [0.2, 0.25) is 0 Å². The molecule has 0 saturated carbocycles. The van der Waals surface area contributed by atoms with E-state index in [1.165, 1.54) is 29.2 Å². The summed E-state index contributed by atoms with van der Waals surface area (Å²) in [6, 6.07) is 1.46. The monoisotopic (exact) mass is 353 g/mol. The van der Waals surface area contributed by atoms with Crippen LogP contribution in [0.4, 0.5) is 19.0 Å². The van der Waals surface area contributed by atoms with Crippen LogP contribution in [-0.2, 0) is 6.18 Å². The fraction of sp³-hybridized carbons (Fsp3) is 0.400. The van der Waals surface area contributed by atoms with Crippen LogP contribution in [0.15, 0.2) is 19.8 Å². The molecule has 0 atom stereocenters. The van der Waals surface area contributed by atoms with Gasteiger partial charge in [0.05, 0.1) is 0 Å². The molecule has 0 bridgehead atoms. The molecule has 0 saturated heterocycles. The Labute approximate surface area is 131 Å². The van der Waals surface area contributed by atoms with Crippen molar-refractivity contribution in [1.82, 2.24) is 20.2 Å². The highest BCUT2D eigenvalue weighted by Crippen LogP contribution is 2.34. The van der Waals surface area contributed by atoms with E-state index in [1.54, 1.807) is 6.92 Å². The maximum atomic E-state index is 12.8. The first-order valence-corrected chi connectivity index (χ1v) is 8.53. The summed E-state index contributed by atoms with van der Waals surface area (Å²) in [6.07, 6.45) is -2.74. The van der Waals surface area contributed by atoms with Crippen molar-refractivity contribution in [2.45, 2.75) is 26.8 Å². The van der Waals surface area contributed by atoms with Crippen LogP contribution in [0.1, 0.15) is 12.7 Å². The predicted octanol–water partition coefficient (Wildman–Crippen LogP) is 3.65. The summed E-state index contributed by atoms with van der Waals surface area (Å²) in [5, 5.41) is 10.7.